The third-order valence-electron chi connectivity index (χ3n) is 5.84. The zero-order valence-corrected chi connectivity index (χ0v) is 16.7. The highest BCUT2D eigenvalue weighted by Crippen LogP contribution is 2.57. The second-order valence-corrected chi connectivity index (χ2v) is 7.07. The van der Waals surface area contributed by atoms with Crippen LogP contribution in [0.3, 0.4) is 0 Å². The molecule has 3 rings (SSSR count). The van der Waals surface area contributed by atoms with Crippen molar-refractivity contribution >= 4 is 0 Å². The minimum atomic E-state index is -1.71. The fourth-order valence-electron chi connectivity index (χ4n) is 4.56. The van der Waals surface area contributed by atoms with Gasteiger partial charge in [-0.1, -0.05) is 6.08 Å². The fraction of sp³-hybridized carbons (Fsp3) is 0.409. The number of nitrogens with zero attached hydrogens (tertiary/aromatic N) is 3. The van der Waals surface area contributed by atoms with Crippen LogP contribution in [0.1, 0.15) is 30.7 Å². The average molecular weight is 390 g/mol. The Balaban J connectivity index is 2.37. The van der Waals surface area contributed by atoms with Crippen LogP contribution in [0.25, 0.3) is 0 Å². The van der Waals surface area contributed by atoms with Gasteiger partial charge in [0.25, 0.3) is 0 Å². The molecular formula is C22H22N4O3. The van der Waals surface area contributed by atoms with Crippen molar-refractivity contribution in [2.75, 3.05) is 21.3 Å². The lowest BCUT2D eigenvalue weighted by atomic mass is 9.56. The topological polar surface area (TPSA) is 125 Å². The van der Waals surface area contributed by atoms with Crippen molar-refractivity contribution in [3.05, 3.63) is 40.6 Å². The molecule has 2 aliphatic carbocycles. The number of rotatable bonds is 4. The summed E-state index contributed by atoms with van der Waals surface area (Å²) in [6.07, 6.45) is 4.54. The van der Waals surface area contributed by atoms with Gasteiger partial charge in [0.2, 0.25) is 5.75 Å². The minimum absolute atomic E-state index is 0.00523. The molecule has 0 heterocycles. The highest BCUT2D eigenvalue weighted by Gasteiger charge is 2.54. The number of nitriles is 3. The molecule has 0 bridgehead atoms. The van der Waals surface area contributed by atoms with Crippen LogP contribution >= 0.6 is 0 Å². The molecule has 0 amide bonds. The largest absolute Gasteiger partial charge is 0.493 e. The van der Waals surface area contributed by atoms with E-state index in [1.54, 1.807) is 12.1 Å². The Bertz CT molecular complexity index is 981. The first-order chi connectivity index (χ1) is 14.0. The Kier molecular flexibility index (Phi) is 5.39. The molecule has 2 N–H and O–H groups in total. The predicted octanol–water partition coefficient (Wildman–Crippen LogP) is 3.31. The molecule has 0 radical (unpaired) electrons. The number of allylic oxidation sites excluding steroid dienone is 3. The number of fused-ring (bicyclic) bond motifs is 1. The summed E-state index contributed by atoms with van der Waals surface area (Å²) in [6.45, 7) is 0. The van der Waals surface area contributed by atoms with Crippen LogP contribution in [0.5, 0.6) is 17.2 Å². The molecule has 1 aromatic carbocycles. The van der Waals surface area contributed by atoms with Gasteiger partial charge in [-0.2, -0.15) is 15.8 Å². The summed E-state index contributed by atoms with van der Waals surface area (Å²) >= 11 is 0. The van der Waals surface area contributed by atoms with E-state index < -0.39 is 11.3 Å². The third kappa shape index (κ3) is 2.85. The van der Waals surface area contributed by atoms with Gasteiger partial charge in [0.15, 0.2) is 16.9 Å². The van der Waals surface area contributed by atoms with E-state index in [1.165, 1.54) is 21.3 Å². The predicted molar refractivity (Wildman–Crippen MR) is 105 cm³/mol. The van der Waals surface area contributed by atoms with Crippen LogP contribution in [0.4, 0.5) is 0 Å². The maximum absolute atomic E-state index is 10.1. The van der Waals surface area contributed by atoms with Crippen molar-refractivity contribution in [1.29, 1.82) is 15.8 Å². The maximum atomic E-state index is 10.1. The van der Waals surface area contributed by atoms with Crippen molar-refractivity contribution in [2.24, 2.45) is 17.1 Å². The van der Waals surface area contributed by atoms with E-state index in [4.69, 9.17) is 19.9 Å². The molecule has 2 atom stereocenters. The number of hydrogen-bond donors (Lipinski definition) is 1. The van der Waals surface area contributed by atoms with Crippen LogP contribution in [-0.4, -0.2) is 21.3 Å². The lowest BCUT2D eigenvalue weighted by Crippen LogP contribution is -2.41. The summed E-state index contributed by atoms with van der Waals surface area (Å²) in [5.41, 5.74) is 6.35. The Morgan fingerprint density at radius 1 is 1.03 bits per heavy atom. The van der Waals surface area contributed by atoms with E-state index in [0.29, 0.717) is 22.8 Å². The monoisotopic (exact) mass is 390 g/mol. The fourth-order valence-corrected chi connectivity index (χ4v) is 4.56. The molecule has 29 heavy (non-hydrogen) atoms. The van der Waals surface area contributed by atoms with Gasteiger partial charge in [-0.3, -0.25) is 0 Å². The van der Waals surface area contributed by atoms with Gasteiger partial charge >= 0.3 is 0 Å². The number of hydrogen-bond acceptors (Lipinski definition) is 7. The van der Waals surface area contributed by atoms with Crippen LogP contribution < -0.4 is 19.9 Å². The average Bonchev–Trinajstić information content (AvgIpc) is 2.77. The molecule has 0 saturated heterocycles. The molecule has 0 saturated carbocycles. The molecule has 0 spiro atoms. The second kappa shape index (κ2) is 7.78. The lowest BCUT2D eigenvalue weighted by molar-refractivity contribution is 0.308. The number of nitrogens with two attached hydrogens (primary N) is 1. The Morgan fingerprint density at radius 2 is 1.66 bits per heavy atom. The van der Waals surface area contributed by atoms with Gasteiger partial charge in [0, 0.05) is 5.92 Å². The molecule has 7 heteroatoms. The van der Waals surface area contributed by atoms with Gasteiger partial charge in [0.1, 0.15) is 0 Å². The molecular weight excluding hydrogens is 368 g/mol. The number of ether oxygens (including phenoxy) is 3. The Hall–Kier alpha value is -3.63. The normalized spacial score (nSPS) is 22.3. The van der Waals surface area contributed by atoms with Crippen LogP contribution in [0.15, 0.2) is 35.1 Å². The van der Waals surface area contributed by atoms with Gasteiger partial charge < -0.3 is 19.9 Å². The molecule has 1 aromatic rings. The van der Waals surface area contributed by atoms with Gasteiger partial charge in [0.05, 0.1) is 50.8 Å². The molecule has 2 aliphatic rings. The van der Waals surface area contributed by atoms with Crippen molar-refractivity contribution in [3.8, 4) is 35.5 Å². The van der Waals surface area contributed by atoms with Gasteiger partial charge in [-0.05, 0) is 48.4 Å². The van der Waals surface area contributed by atoms with E-state index in [9.17, 15) is 15.8 Å². The quantitative estimate of drug-likeness (QED) is 0.836. The molecule has 2 unspecified atom stereocenters. The minimum Gasteiger partial charge on any atom is -0.493 e. The van der Waals surface area contributed by atoms with Crippen LogP contribution in [0, 0.1) is 45.3 Å². The van der Waals surface area contributed by atoms with E-state index in [0.717, 1.165) is 24.8 Å². The summed E-state index contributed by atoms with van der Waals surface area (Å²) in [4.78, 5) is 0. The standard InChI is InChI=1S/C22H22N4O3/c1-27-17-8-13(9-18(28-2)21(17)29-3)19-14-6-4-5-7-15(14)20(26)16(10-23)22(19,11-24)12-25/h7-9,14,19H,4-6,26H2,1-3H3. The summed E-state index contributed by atoms with van der Waals surface area (Å²) in [7, 11) is 4.53. The smallest absolute Gasteiger partial charge is 0.203 e. The molecule has 0 fully saturated rings. The first-order valence-corrected chi connectivity index (χ1v) is 9.26. The molecule has 148 valence electrons. The summed E-state index contributed by atoms with van der Waals surface area (Å²) in [5, 5.41) is 30.0. The Labute approximate surface area is 170 Å². The van der Waals surface area contributed by atoms with E-state index in [-0.39, 0.29) is 17.2 Å². The molecule has 0 aliphatic heterocycles. The molecule has 0 aromatic heterocycles. The lowest BCUT2D eigenvalue weighted by Gasteiger charge is -2.43. The second-order valence-electron chi connectivity index (χ2n) is 7.07. The molecule has 7 nitrogen and oxygen atoms in total. The van der Waals surface area contributed by atoms with Crippen LogP contribution in [0.2, 0.25) is 0 Å². The van der Waals surface area contributed by atoms with E-state index in [2.05, 4.69) is 12.1 Å². The van der Waals surface area contributed by atoms with Crippen molar-refractivity contribution < 1.29 is 14.2 Å². The maximum Gasteiger partial charge on any atom is 0.203 e. The summed E-state index contributed by atoms with van der Waals surface area (Å²) < 4.78 is 16.3. The summed E-state index contributed by atoms with van der Waals surface area (Å²) in [5.74, 6) is 0.509. The van der Waals surface area contributed by atoms with E-state index in [1.807, 2.05) is 12.1 Å². The van der Waals surface area contributed by atoms with Gasteiger partial charge in [-0.25, -0.2) is 0 Å². The summed E-state index contributed by atoms with van der Waals surface area (Å²) in [6, 6.07) is 9.78. The first-order valence-electron chi connectivity index (χ1n) is 9.26. The highest BCUT2D eigenvalue weighted by atomic mass is 16.5. The number of methoxy groups -OCH3 is 3. The first kappa shape index (κ1) is 20.1. The third-order valence-corrected chi connectivity index (χ3v) is 5.84. The van der Waals surface area contributed by atoms with E-state index >= 15 is 0 Å². The van der Waals surface area contributed by atoms with Gasteiger partial charge in [-0.15, -0.1) is 0 Å². The van der Waals surface area contributed by atoms with Crippen molar-refractivity contribution in [2.45, 2.75) is 25.2 Å². The van der Waals surface area contributed by atoms with Crippen LogP contribution in [-0.2, 0) is 0 Å². The SMILES string of the molecule is COc1cc(C2C3CCCC=C3C(N)=C(C#N)C2(C#N)C#N)cc(OC)c1OC. The number of benzene rings is 1. The van der Waals surface area contributed by atoms with Crippen molar-refractivity contribution in [1.82, 2.24) is 0 Å². The van der Waals surface area contributed by atoms with Crippen molar-refractivity contribution in [3.63, 3.8) is 0 Å². The zero-order chi connectivity index (χ0) is 21.2. The Morgan fingerprint density at radius 3 is 2.14 bits per heavy atom. The highest BCUT2D eigenvalue weighted by molar-refractivity contribution is 5.62. The zero-order valence-electron chi connectivity index (χ0n) is 16.7.